The number of thiocarbonyl (C=S) groups is 1. The Balaban J connectivity index is 2.43. The van der Waals surface area contributed by atoms with Gasteiger partial charge in [0.25, 0.3) is 5.69 Å². The van der Waals surface area contributed by atoms with E-state index in [0.717, 1.165) is 12.2 Å². The minimum atomic E-state index is -0.428. The molecule has 1 saturated heterocycles. The third-order valence-corrected chi connectivity index (χ3v) is 5.00. The molecule has 0 aliphatic carbocycles. The molecule has 1 heterocycles. The Labute approximate surface area is 155 Å². The lowest BCUT2D eigenvalue weighted by Gasteiger charge is -2.25. The maximum Gasteiger partial charge on any atom is 0.294 e. The summed E-state index contributed by atoms with van der Waals surface area (Å²) in [5.41, 5.74) is 0.438. The Morgan fingerprint density at radius 2 is 2.46 bits per heavy atom. The molecule has 24 heavy (non-hydrogen) atoms. The Morgan fingerprint density at radius 1 is 1.71 bits per heavy atom. The fourth-order valence-corrected chi connectivity index (χ4v) is 3.95. The molecule has 1 N–H and O–H groups in total. The minimum absolute atomic E-state index is 0.0406. The predicted octanol–water partition coefficient (Wildman–Crippen LogP) is 4.00. The molecule has 0 amide bonds. The molecule has 0 bridgehead atoms. The molecule has 1 aliphatic rings. The molecule has 2 rings (SSSR count). The fourth-order valence-electron chi connectivity index (χ4n) is 2.29. The van der Waals surface area contributed by atoms with Crippen LogP contribution in [-0.4, -0.2) is 33.5 Å². The topological polar surface area (TPSA) is 70.8 Å². The van der Waals surface area contributed by atoms with Gasteiger partial charge in [-0.15, -0.1) is 6.58 Å². The first-order chi connectivity index (χ1) is 11.5. The average molecular weight is 385 g/mol. The monoisotopic (exact) mass is 384 g/mol. The van der Waals surface area contributed by atoms with E-state index in [9.17, 15) is 10.1 Å². The molecule has 0 unspecified atom stereocenters. The third kappa shape index (κ3) is 4.25. The summed E-state index contributed by atoms with van der Waals surface area (Å²) in [6.07, 6.45) is 2.52. The highest BCUT2D eigenvalue weighted by atomic mass is 35.5. The summed E-state index contributed by atoms with van der Waals surface area (Å²) < 4.78 is 0. The van der Waals surface area contributed by atoms with Crippen molar-refractivity contribution in [3.05, 3.63) is 46.0 Å². The number of nitrogens with one attached hydrogen (secondary N) is 1. The van der Waals surface area contributed by atoms with Crippen LogP contribution in [0, 0.1) is 10.1 Å². The fraction of sp³-hybridized carbons (Fsp3) is 0.333. The van der Waals surface area contributed by atoms with E-state index in [2.05, 4.69) is 16.9 Å². The highest BCUT2D eigenvalue weighted by molar-refractivity contribution is 8.14. The first-order valence-electron chi connectivity index (χ1n) is 7.31. The number of hydrogen-bond donors (Lipinski definition) is 1. The number of amidine groups is 1. The summed E-state index contributed by atoms with van der Waals surface area (Å²) in [6.45, 7) is 6.17. The lowest BCUT2D eigenvalue weighted by atomic mass is 10.2. The molecular weight excluding hydrogens is 368 g/mol. The summed E-state index contributed by atoms with van der Waals surface area (Å²) >= 11 is 12.6. The SMILES string of the molecule is C=CCNC(=S)N=C1SC[C@@H](CC)N1c1ccc(Cl)cc1[N+](=O)[O-]. The summed E-state index contributed by atoms with van der Waals surface area (Å²) in [5.74, 6) is 0.791. The van der Waals surface area contributed by atoms with Crippen LogP contribution in [0.2, 0.25) is 5.02 Å². The van der Waals surface area contributed by atoms with Crippen molar-refractivity contribution in [3.8, 4) is 0 Å². The van der Waals surface area contributed by atoms with Gasteiger partial charge in [0.2, 0.25) is 0 Å². The molecule has 1 aromatic carbocycles. The second-order valence-electron chi connectivity index (χ2n) is 5.00. The standard InChI is InChI=1S/C15H17ClN4O2S2/c1-3-7-17-14(23)18-15-19(11(4-2)9-24-15)12-6-5-10(16)8-13(12)20(21)22/h3,5-6,8,11H,1,4,7,9H2,2H3,(H,17,23)/t11-/m1/s1. The van der Waals surface area contributed by atoms with Gasteiger partial charge >= 0.3 is 0 Å². The number of hydrogen-bond acceptors (Lipinski definition) is 4. The van der Waals surface area contributed by atoms with E-state index in [1.165, 1.54) is 17.8 Å². The van der Waals surface area contributed by atoms with Crippen molar-refractivity contribution in [1.29, 1.82) is 0 Å². The van der Waals surface area contributed by atoms with Crippen LogP contribution in [0.15, 0.2) is 35.8 Å². The largest absolute Gasteiger partial charge is 0.357 e. The van der Waals surface area contributed by atoms with E-state index in [1.807, 2.05) is 11.8 Å². The number of rotatable bonds is 5. The van der Waals surface area contributed by atoms with Crippen molar-refractivity contribution < 1.29 is 4.92 Å². The summed E-state index contributed by atoms with van der Waals surface area (Å²) in [6, 6.07) is 4.77. The molecule has 0 spiro atoms. The molecule has 128 valence electrons. The molecular formula is C15H17ClN4O2S2. The molecule has 1 atom stereocenters. The number of aliphatic imine (C=N–C) groups is 1. The predicted molar refractivity (Wildman–Crippen MR) is 105 cm³/mol. The van der Waals surface area contributed by atoms with Crippen LogP contribution in [-0.2, 0) is 0 Å². The summed E-state index contributed by atoms with van der Waals surface area (Å²) in [4.78, 5) is 17.3. The van der Waals surface area contributed by atoms with E-state index in [0.29, 0.717) is 27.5 Å². The number of benzene rings is 1. The first kappa shape index (κ1) is 18.7. The molecule has 1 aromatic rings. The van der Waals surface area contributed by atoms with Gasteiger partial charge in [-0.05, 0) is 30.8 Å². The van der Waals surface area contributed by atoms with Crippen LogP contribution in [0.25, 0.3) is 0 Å². The number of nitrogens with zero attached hydrogens (tertiary/aromatic N) is 3. The van der Waals surface area contributed by atoms with Gasteiger partial charge in [0.05, 0.1) is 4.92 Å². The summed E-state index contributed by atoms with van der Waals surface area (Å²) in [5, 5.41) is 15.7. The maximum absolute atomic E-state index is 11.4. The van der Waals surface area contributed by atoms with Crippen molar-refractivity contribution in [3.63, 3.8) is 0 Å². The van der Waals surface area contributed by atoms with Gasteiger partial charge in [-0.25, -0.2) is 0 Å². The molecule has 0 radical (unpaired) electrons. The molecule has 6 nitrogen and oxygen atoms in total. The normalized spacial score (nSPS) is 18.7. The van der Waals surface area contributed by atoms with Gasteiger partial charge in [0.1, 0.15) is 5.69 Å². The van der Waals surface area contributed by atoms with Crippen LogP contribution in [0.1, 0.15) is 13.3 Å². The molecule has 9 heteroatoms. The highest BCUT2D eigenvalue weighted by Crippen LogP contribution is 2.38. The molecule has 1 aliphatic heterocycles. The van der Waals surface area contributed by atoms with Crippen LogP contribution in [0.4, 0.5) is 11.4 Å². The quantitative estimate of drug-likeness (QED) is 0.358. The average Bonchev–Trinajstić information content (AvgIpc) is 2.95. The van der Waals surface area contributed by atoms with Crippen LogP contribution < -0.4 is 10.2 Å². The number of anilines is 1. The number of nitro benzene ring substituents is 1. The smallest absolute Gasteiger partial charge is 0.294 e. The first-order valence-corrected chi connectivity index (χ1v) is 9.08. The zero-order valence-corrected chi connectivity index (χ0v) is 15.5. The lowest BCUT2D eigenvalue weighted by molar-refractivity contribution is -0.384. The maximum atomic E-state index is 11.4. The van der Waals surface area contributed by atoms with E-state index >= 15 is 0 Å². The Kier molecular flexibility index (Phi) is 6.59. The van der Waals surface area contributed by atoms with Crippen molar-refractivity contribution in [2.24, 2.45) is 4.99 Å². The van der Waals surface area contributed by atoms with Crippen molar-refractivity contribution >= 4 is 57.2 Å². The zero-order valence-electron chi connectivity index (χ0n) is 13.1. The van der Waals surface area contributed by atoms with Gasteiger partial charge in [-0.3, -0.25) is 10.1 Å². The van der Waals surface area contributed by atoms with E-state index in [-0.39, 0.29) is 11.7 Å². The zero-order chi connectivity index (χ0) is 17.7. The van der Waals surface area contributed by atoms with Crippen LogP contribution in [0.3, 0.4) is 0 Å². The van der Waals surface area contributed by atoms with Gasteiger partial charge in [-0.1, -0.05) is 36.4 Å². The van der Waals surface area contributed by atoms with Gasteiger partial charge in [-0.2, -0.15) is 4.99 Å². The molecule has 0 aromatic heterocycles. The summed E-state index contributed by atoms with van der Waals surface area (Å²) in [7, 11) is 0. The van der Waals surface area contributed by atoms with Crippen LogP contribution in [0.5, 0.6) is 0 Å². The second-order valence-corrected chi connectivity index (χ2v) is 6.81. The van der Waals surface area contributed by atoms with Crippen molar-refractivity contribution in [2.75, 3.05) is 17.2 Å². The highest BCUT2D eigenvalue weighted by Gasteiger charge is 2.34. The molecule has 1 fully saturated rings. The van der Waals surface area contributed by atoms with Gasteiger partial charge in [0.15, 0.2) is 10.3 Å². The Hall–Kier alpha value is -1.64. The van der Waals surface area contributed by atoms with Crippen molar-refractivity contribution in [2.45, 2.75) is 19.4 Å². The lowest BCUT2D eigenvalue weighted by Crippen LogP contribution is -2.35. The van der Waals surface area contributed by atoms with Crippen molar-refractivity contribution in [1.82, 2.24) is 5.32 Å². The number of thioether (sulfide) groups is 1. The third-order valence-electron chi connectivity index (χ3n) is 3.44. The Bertz CT molecular complexity index is 696. The minimum Gasteiger partial charge on any atom is -0.357 e. The van der Waals surface area contributed by atoms with Crippen LogP contribution >= 0.6 is 35.6 Å². The van der Waals surface area contributed by atoms with E-state index in [1.54, 1.807) is 18.2 Å². The Morgan fingerprint density at radius 3 is 3.08 bits per heavy atom. The number of halogens is 1. The molecule has 0 saturated carbocycles. The van der Waals surface area contributed by atoms with E-state index < -0.39 is 4.92 Å². The van der Waals surface area contributed by atoms with Gasteiger partial charge < -0.3 is 10.2 Å². The second kappa shape index (κ2) is 8.46. The van der Waals surface area contributed by atoms with E-state index in [4.69, 9.17) is 23.8 Å². The number of nitro groups is 1. The van der Waals surface area contributed by atoms with Gasteiger partial charge in [0, 0.05) is 29.4 Å².